The zero-order valence-electron chi connectivity index (χ0n) is 16.0. The molecule has 0 saturated carbocycles. The summed E-state index contributed by atoms with van der Waals surface area (Å²) in [4.78, 5) is 21.1. The summed E-state index contributed by atoms with van der Waals surface area (Å²) in [5.41, 5.74) is 2.12. The lowest BCUT2D eigenvalue weighted by Gasteiger charge is -2.30. The van der Waals surface area contributed by atoms with Gasteiger partial charge >= 0.3 is 6.03 Å². The minimum Gasteiger partial charge on any atom is -0.447 e. The highest BCUT2D eigenvalue weighted by atomic mass is 16.5. The molecular formula is C22H24N4O3. The number of rotatable bonds is 6. The van der Waals surface area contributed by atoms with Crippen molar-refractivity contribution >= 4 is 6.03 Å². The van der Waals surface area contributed by atoms with E-state index in [1.165, 1.54) is 6.26 Å². The Labute approximate surface area is 169 Å². The van der Waals surface area contributed by atoms with Gasteiger partial charge in [-0.2, -0.15) is 0 Å². The molecule has 0 aliphatic carbocycles. The van der Waals surface area contributed by atoms with Crippen molar-refractivity contribution in [1.82, 2.24) is 20.6 Å². The van der Waals surface area contributed by atoms with Crippen LogP contribution in [0.2, 0.25) is 0 Å². The van der Waals surface area contributed by atoms with Gasteiger partial charge in [0.1, 0.15) is 12.3 Å². The largest absolute Gasteiger partial charge is 0.447 e. The van der Waals surface area contributed by atoms with Crippen LogP contribution in [0, 0.1) is 0 Å². The number of aromatic nitrogens is 2. The summed E-state index contributed by atoms with van der Waals surface area (Å²) >= 11 is 0. The van der Waals surface area contributed by atoms with E-state index in [0.29, 0.717) is 25.3 Å². The van der Waals surface area contributed by atoms with Crippen molar-refractivity contribution in [3.05, 3.63) is 84.3 Å². The third-order valence-corrected chi connectivity index (χ3v) is 5.01. The van der Waals surface area contributed by atoms with Gasteiger partial charge in [0.25, 0.3) is 0 Å². The summed E-state index contributed by atoms with van der Waals surface area (Å²) in [7, 11) is 0. The molecule has 2 aromatic heterocycles. The topological polar surface area (TPSA) is 89.3 Å². The molecule has 0 radical (unpaired) electrons. The summed E-state index contributed by atoms with van der Waals surface area (Å²) < 4.78 is 11.3. The van der Waals surface area contributed by atoms with Crippen molar-refractivity contribution in [2.75, 3.05) is 6.61 Å². The van der Waals surface area contributed by atoms with Gasteiger partial charge in [-0.1, -0.05) is 36.4 Å². The molecule has 3 aromatic rings. The average molecular weight is 392 g/mol. The average Bonchev–Trinajstić information content (AvgIpc) is 3.30. The van der Waals surface area contributed by atoms with Crippen LogP contribution in [0.1, 0.15) is 42.0 Å². The fourth-order valence-corrected chi connectivity index (χ4v) is 3.57. The second-order valence-corrected chi connectivity index (χ2v) is 7.10. The minimum absolute atomic E-state index is 0.0240. The van der Waals surface area contributed by atoms with Crippen molar-refractivity contribution in [3.8, 4) is 0 Å². The maximum atomic E-state index is 12.7. The first-order chi connectivity index (χ1) is 14.3. The Balaban J connectivity index is 1.37. The molecule has 150 valence electrons. The summed E-state index contributed by atoms with van der Waals surface area (Å²) in [5.74, 6) is 0.490. The third-order valence-electron chi connectivity index (χ3n) is 5.01. The van der Waals surface area contributed by atoms with E-state index in [9.17, 15) is 4.79 Å². The number of pyridine rings is 1. The van der Waals surface area contributed by atoms with Gasteiger partial charge in [0.2, 0.25) is 5.89 Å². The van der Waals surface area contributed by atoms with Gasteiger partial charge in [-0.3, -0.25) is 4.98 Å². The van der Waals surface area contributed by atoms with Crippen LogP contribution >= 0.6 is 0 Å². The molecule has 1 aromatic carbocycles. The van der Waals surface area contributed by atoms with Gasteiger partial charge in [-0.25, -0.2) is 9.78 Å². The van der Waals surface area contributed by atoms with Crippen molar-refractivity contribution in [3.63, 3.8) is 0 Å². The normalized spacial score (nSPS) is 20.0. The van der Waals surface area contributed by atoms with Gasteiger partial charge in [0.15, 0.2) is 0 Å². The molecule has 0 bridgehead atoms. The van der Waals surface area contributed by atoms with Crippen molar-refractivity contribution in [1.29, 1.82) is 0 Å². The number of oxazole rings is 1. The van der Waals surface area contributed by atoms with E-state index in [1.54, 1.807) is 12.4 Å². The van der Waals surface area contributed by atoms with Crippen LogP contribution in [0.4, 0.5) is 4.79 Å². The molecule has 1 unspecified atom stereocenters. The number of carbonyl (C=O) groups is 1. The Bertz CT molecular complexity index is 887. The van der Waals surface area contributed by atoms with E-state index < -0.39 is 0 Å². The number of hydrogen-bond donors (Lipinski definition) is 2. The van der Waals surface area contributed by atoms with Crippen molar-refractivity contribution in [2.24, 2.45) is 0 Å². The number of benzene rings is 1. The molecule has 2 N–H and O–H groups in total. The van der Waals surface area contributed by atoms with E-state index in [1.807, 2.05) is 48.7 Å². The molecule has 1 aliphatic rings. The molecule has 0 spiro atoms. The number of nitrogens with one attached hydrogen (secondary N) is 2. The molecule has 2 amide bonds. The Hall–Kier alpha value is -3.19. The molecule has 29 heavy (non-hydrogen) atoms. The maximum absolute atomic E-state index is 12.7. The molecular weight excluding hydrogens is 368 g/mol. The molecule has 1 fully saturated rings. The second kappa shape index (κ2) is 9.34. The fourth-order valence-electron chi connectivity index (χ4n) is 3.57. The molecule has 3 atom stereocenters. The lowest BCUT2D eigenvalue weighted by Crippen LogP contribution is -2.46. The first-order valence-electron chi connectivity index (χ1n) is 9.80. The zero-order chi connectivity index (χ0) is 19.9. The molecule has 7 nitrogen and oxygen atoms in total. The van der Waals surface area contributed by atoms with Gasteiger partial charge in [0, 0.05) is 31.5 Å². The first-order valence-corrected chi connectivity index (χ1v) is 9.80. The van der Waals surface area contributed by atoms with Crippen LogP contribution < -0.4 is 10.6 Å². The van der Waals surface area contributed by atoms with Crippen LogP contribution in [0.5, 0.6) is 0 Å². The van der Waals surface area contributed by atoms with Crippen LogP contribution in [-0.4, -0.2) is 28.6 Å². The standard InChI is InChI=1S/C22H24N4O3/c27-22(25-18-8-11-28-20(14-18)17-7-4-9-23-15-17)26-19(21-24-10-12-29-21)13-16-5-2-1-3-6-16/h1-7,9-10,12,15,18-20H,8,11,13-14H2,(H2,25,26,27)/t18-,19?,20-/m1/s1. The Kier molecular flexibility index (Phi) is 6.16. The third kappa shape index (κ3) is 5.20. The molecule has 7 heteroatoms. The number of ether oxygens (including phenoxy) is 1. The quantitative estimate of drug-likeness (QED) is 0.669. The Morgan fingerprint density at radius 2 is 2.07 bits per heavy atom. The summed E-state index contributed by atoms with van der Waals surface area (Å²) in [6.45, 7) is 0.595. The predicted octanol–water partition coefficient (Wildman–Crippen LogP) is 3.57. The van der Waals surface area contributed by atoms with E-state index in [-0.39, 0.29) is 24.2 Å². The van der Waals surface area contributed by atoms with Gasteiger partial charge in [-0.15, -0.1) is 0 Å². The fraction of sp³-hybridized carbons (Fsp3) is 0.318. The van der Waals surface area contributed by atoms with Gasteiger partial charge < -0.3 is 19.8 Å². The number of amides is 2. The number of hydrogen-bond acceptors (Lipinski definition) is 5. The van der Waals surface area contributed by atoms with E-state index in [0.717, 1.165) is 17.5 Å². The minimum atomic E-state index is -0.346. The van der Waals surface area contributed by atoms with E-state index in [4.69, 9.17) is 9.15 Å². The Morgan fingerprint density at radius 3 is 2.83 bits per heavy atom. The maximum Gasteiger partial charge on any atom is 0.315 e. The summed E-state index contributed by atoms with van der Waals surface area (Å²) in [6, 6.07) is 13.3. The van der Waals surface area contributed by atoms with E-state index in [2.05, 4.69) is 20.6 Å². The number of carbonyl (C=O) groups excluding carboxylic acids is 1. The van der Waals surface area contributed by atoms with Crippen LogP contribution in [0.3, 0.4) is 0 Å². The highest BCUT2D eigenvalue weighted by Gasteiger charge is 2.26. The zero-order valence-corrected chi connectivity index (χ0v) is 16.0. The Morgan fingerprint density at radius 1 is 1.17 bits per heavy atom. The van der Waals surface area contributed by atoms with Crippen LogP contribution in [0.15, 0.2) is 71.7 Å². The van der Waals surface area contributed by atoms with Gasteiger partial charge in [-0.05, 0) is 30.0 Å². The smallest absolute Gasteiger partial charge is 0.315 e. The molecule has 3 heterocycles. The van der Waals surface area contributed by atoms with Crippen LogP contribution in [-0.2, 0) is 11.2 Å². The van der Waals surface area contributed by atoms with Gasteiger partial charge in [0.05, 0.1) is 12.3 Å². The molecule has 1 saturated heterocycles. The SMILES string of the molecule is O=C(NC(Cc1ccccc1)c1ncco1)N[C@@H]1CCO[C@@H](c2cccnc2)C1. The monoisotopic (exact) mass is 392 g/mol. The highest BCUT2D eigenvalue weighted by Crippen LogP contribution is 2.27. The van der Waals surface area contributed by atoms with Crippen molar-refractivity contribution in [2.45, 2.75) is 37.5 Å². The molecule has 1 aliphatic heterocycles. The van der Waals surface area contributed by atoms with Crippen molar-refractivity contribution < 1.29 is 13.9 Å². The first kappa shape index (κ1) is 19.1. The number of nitrogens with zero attached hydrogens (tertiary/aromatic N) is 2. The highest BCUT2D eigenvalue weighted by molar-refractivity contribution is 5.74. The molecule has 4 rings (SSSR count). The lowest BCUT2D eigenvalue weighted by molar-refractivity contribution is 0.00200. The summed E-state index contributed by atoms with van der Waals surface area (Å²) in [6.07, 6.45) is 8.67. The summed E-state index contributed by atoms with van der Waals surface area (Å²) in [5, 5.41) is 6.09. The predicted molar refractivity (Wildman–Crippen MR) is 107 cm³/mol. The van der Waals surface area contributed by atoms with Crippen LogP contribution in [0.25, 0.3) is 0 Å². The lowest BCUT2D eigenvalue weighted by atomic mass is 9.98. The number of urea groups is 1. The van der Waals surface area contributed by atoms with E-state index >= 15 is 0 Å². The second-order valence-electron chi connectivity index (χ2n) is 7.10.